The summed E-state index contributed by atoms with van der Waals surface area (Å²) in [5, 5.41) is 0. The maximum atomic E-state index is 11.7. The molecule has 0 radical (unpaired) electrons. The number of benzene rings is 1. The highest BCUT2D eigenvalue weighted by Gasteiger charge is 2.15. The molecule has 0 N–H and O–H groups in total. The Morgan fingerprint density at radius 1 is 1.21 bits per heavy atom. The van der Waals surface area contributed by atoms with E-state index in [-0.39, 0.29) is 0 Å². The average molecular weight is 321 g/mol. The topological polar surface area (TPSA) is 30.7 Å². The largest absolute Gasteiger partial charge is 0.494 e. The molecule has 0 aliphatic carbocycles. The van der Waals surface area contributed by atoms with Crippen LogP contribution in [0.25, 0.3) is 16.6 Å². The van der Waals surface area contributed by atoms with Gasteiger partial charge in [-0.1, -0.05) is 26.0 Å². The Labute approximate surface area is 142 Å². The van der Waals surface area contributed by atoms with Crippen molar-refractivity contribution in [1.29, 1.82) is 0 Å². The number of ether oxygens (including phenoxy) is 1. The van der Waals surface area contributed by atoms with Crippen LogP contribution >= 0.6 is 0 Å². The SMILES string of the molecule is CCOc1ccc(-c2cc3c(C)cccn3c2C=O)cc1C(C)C. The first kappa shape index (κ1) is 16.3. The van der Waals surface area contributed by atoms with Crippen LogP contribution in [0.4, 0.5) is 0 Å². The van der Waals surface area contributed by atoms with Gasteiger partial charge in [0.25, 0.3) is 0 Å². The Kier molecular flexibility index (Phi) is 4.43. The van der Waals surface area contributed by atoms with Gasteiger partial charge in [0.2, 0.25) is 0 Å². The van der Waals surface area contributed by atoms with Crippen LogP contribution in [0.1, 0.15) is 48.3 Å². The second-order valence-corrected chi connectivity index (χ2v) is 6.35. The highest BCUT2D eigenvalue weighted by Crippen LogP contribution is 2.34. The molecule has 2 heterocycles. The van der Waals surface area contributed by atoms with Crippen molar-refractivity contribution < 1.29 is 9.53 Å². The quantitative estimate of drug-likeness (QED) is 0.601. The third kappa shape index (κ3) is 2.71. The molecule has 0 bridgehead atoms. The average Bonchev–Trinajstić information content (AvgIpc) is 2.95. The van der Waals surface area contributed by atoms with Crippen LogP contribution in [0.5, 0.6) is 5.75 Å². The van der Waals surface area contributed by atoms with Crippen molar-refractivity contribution >= 4 is 11.8 Å². The Balaban J connectivity index is 2.22. The number of aromatic nitrogens is 1. The van der Waals surface area contributed by atoms with Crippen LogP contribution in [0.3, 0.4) is 0 Å². The minimum atomic E-state index is 0.352. The first-order chi connectivity index (χ1) is 11.6. The van der Waals surface area contributed by atoms with Crippen LogP contribution in [-0.2, 0) is 0 Å². The maximum Gasteiger partial charge on any atom is 0.167 e. The summed E-state index contributed by atoms with van der Waals surface area (Å²) in [5.74, 6) is 1.27. The molecule has 3 heteroatoms. The fourth-order valence-corrected chi connectivity index (χ4v) is 3.17. The molecule has 0 unspecified atom stereocenters. The number of fused-ring (bicyclic) bond motifs is 1. The van der Waals surface area contributed by atoms with Crippen LogP contribution in [0.15, 0.2) is 42.6 Å². The molecular weight excluding hydrogens is 298 g/mol. The van der Waals surface area contributed by atoms with Gasteiger partial charge >= 0.3 is 0 Å². The summed E-state index contributed by atoms with van der Waals surface area (Å²) in [5.41, 5.74) is 6.08. The summed E-state index contributed by atoms with van der Waals surface area (Å²) in [6.45, 7) is 9.01. The molecule has 0 spiro atoms. The van der Waals surface area contributed by atoms with Gasteiger partial charge in [0.05, 0.1) is 12.3 Å². The number of hydrogen-bond donors (Lipinski definition) is 0. The summed E-state index contributed by atoms with van der Waals surface area (Å²) in [6.07, 6.45) is 2.88. The molecule has 0 saturated heterocycles. The molecule has 0 saturated carbocycles. The third-order valence-corrected chi connectivity index (χ3v) is 4.42. The maximum absolute atomic E-state index is 11.7. The zero-order valence-electron chi connectivity index (χ0n) is 14.7. The summed E-state index contributed by atoms with van der Waals surface area (Å²) in [6, 6.07) is 12.3. The molecule has 0 fully saturated rings. The van der Waals surface area contributed by atoms with Crippen molar-refractivity contribution in [3.63, 3.8) is 0 Å². The van der Waals surface area contributed by atoms with E-state index in [1.54, 1.807) is 0 Å². The minimum Gasteiger partial charge on any atom is -0.494 e. The van der Waals surface area contributed by atoms with E-state index in [0.717, 1.165) is 39.8 Å². The highest BCUT2D eigenvalue weighted by atomic mass is 16.5. The van der Waals surface area contributed by atoms with E-state index >= 15 is 0 Å². The van der Waals surface area contributed by atoms with Crippen LogP contribution < -0.4 is 4.74 Å². The smallest absolute Gasteiger partial charge is 0.167 e. The molecule has 2 aromatic heterocycles. The fourth-order valence-electron chi connectivity index (χ4n) is 3.17. The predicted octanol–water partition coefficient (Wildman–Crippen LogP) is 5.25. The first-order valence-electron chi connectivity index (χ1n) is 8.39. The summed E-state index contributed by atoms with van der Waals surface area (Å²) in [4.78, 5) is 11.7. The van der Waals surface area contributed by atoms with E-state index in [0.29, 0.717) is 18.2 Å². The Morgan fingerprint density at radius 2 is 2.00 bits per heavy atom. The molecule has 3 nitrogen and oxygen atoms in total. The molecule has 0 aliphatic heterocycles. The Morgan fingerprint density at radius 3 is 2.67 bits per heavy atom. The Hall–Kier alpha value is -2.55. The van der Waals surface area contributed by atoms with Gasteiger partial charge in [-0.2, -0.15) is 0 Å². The number of carbonyl (C=O) groups is 1. The number of nitrogens with zero attached hydrogens (tertiary/aromatic N) is 1. The number of carbonyl (C=O) groups excluding carboxylic acids is 1. The molecular formula is C21H23NO2. The van der Waals surface area contributed by atoms with E-state index in [4.69, 9.17) is 4.74 Å². The fraction of sp³-hybridized carbons (Fsp3) is 0.286. The lowest BCUT2D eigenvalue weighted by Crippen LogP contribution is -1.99. The summed E-state index contributed by atoms with van der Waals surface area (Å²) >= 11 is 0. The number of aryl methyl sites for hydroxylation is 1. The van der Waals surface area contributed by atoms with E-state index in [1.807, 2.05) is 35.7 Å². The summed E-state index contributed by atoms with van der Waals surface area (Å²) < 4.78 is 7.71. The van der Waals surface area contributed by atoms with Gasteiger partial charge in [-0.25, -0.2) is 0 Å². The lowest BCUT2D eigenvalue weighted by atomic mass is 9.96. The first-order valence-corrected chi connectivity index (χ1v) is 8.39. The van der Waals surface area contributed by atoms with Crippen molar-refractivity contribution in [2.24, 2.45) is 0 Å². The molecule has 1 aromatic carbocycles. The molecule has 0 amide bonds. The van der Waals surface area contributed by atoms with E-state index in [9.17, 15) is 4.79 Å². The number of hydrogen-bond acceptors (Lipinski definition) is 2. The van der Waals surface area contributed by atoms with Crippen LogP contribution in [0.2, 0.25) is 0 Å². The van der Waals surface area contributed by atoms with Crippen molar-refractivity contribution in [1.82, 2.24) is 4.40 Å². The number of rotatable bonds is 5. The standard InChI is InChI=1S/C21H23NO2/c1-5-24-21-9-8-16(11-17(21)14(2)3)18-12-19-15(4)7-6-10-22(19)20(18)13-23/h6-14H,5H2,1-4H3. The van der Waals surface area contributed by atoms with Gasteiger partial charge in [-0.05, 0) is 60.7 Å². The number of pyridine rings is 1. The predicted molar refractivity (Wildman–Crippen MR) is 98.2 cm³/mol. The number of aldehydes is 1. The van der Waals surface area contributed by atoms with E-state index in [1.165, 1.54) is 0 Å². The molecule has 24 heavy (non-hydrogen) atoms. The van der Waals surface area contributed by atoms with Gasteiger partial charge in [0, 0.05) is 17.3 Å². The minimum absolute atomic E-state index is 0.352. The Bertz CT molecular complexity index is 890. The zero-order chi connectivity index (χ0) is 17.3. The van der Waals surface area contributed by atoms with E-state index in [2.05, 4.69) is 39.0 Å². The molecule has 0 aliphatic rings. The normalized spacial score (nSPS) is 11.2. The zero-order valence-corrected chi connectivity index (χ0v) is 14.7. The van der Waals surface area contributed by atoms with Gasteiger partial charge in [-0.15, -0.1) is 0 Å². The van der Waals surface area contributed by atoms with Crippen LogP contribution in [-0.4, -0.2) is 17.3 Å². The molecule has 124 valence electrons. The molecule has 0 atom stereocenters. The second-order valence-electron chi connectivity index (χ2n) is 6.35. The van der Waals surface area contributed by atoms with E-state index < -0.39 is 0 Å². The van der Waals surface area contributed by atoms with Gasteiger partial charge < -0.3 is 9.14 Å². The van der Waals surface area contributed by atoms with Crippen molar-refractivity contribution in [2.45, 2.75) is 33.6 Å². The lowest BCUT2D eigenvalue weighted by molar-refractivity contribution is 0.111. The monoisotopic (exact) mass is 321 g/mol. The summed E-state index contributed by atoms with van der Waals surface area (Å²) in [7, 11) is 0. The highest BCUT2D eigenvalue weighted by molar-refractivity contribution is 5.90. The van der Waals surface area contributed by atoms with Crippen LogP contribution in [0, 0.1) is 6.92 Å². The second kappa shape index (κ2) is 6.52. The van der Waals surface area contributed by atoms with Crippen molar-refractivity contribution in [3.8, 4) is 16.9 Å². The molecule has 3 rings (SSSR count). The third-order valence-electron chi connectivity index (χ3n) is 4.42. The van der Waals surface area contributed by atoms with Crippen molar-refractivity contribution in [2.75, 3.05) is 6.61 Å². The lowest BCUT2D eigenvalue weighted by Gasteiger charge is -2.14. The molecule has 3 aromatic rings. The van der Waals surface area contributed by atoms with Crippen molar-refractivity contribution in [3.05, 3.63) is 59.4 Å². The van der Waals surface area contributed by atoms with Gasteiger partial charge in [0.15, 0.2) is 6.29 Å². The van der Waals surface area contributed by atoms with Gasteiger partial charge in [-0.3, -0.25) is 4.79 Å². The van der Waals surface area contributed by atoms with Gasteiger partial charge in [0.1, 0.15) is 5.75 Å².